The van der Waals surface area contributed by atoms with Crippen LogP contribution in [0, 0.1) is 5.82 Å². The number of fused-ring (bicyclic) bond motifs is 1. The average Bonchev–Trinajstić information content (AvgIpc) is 2.97. The lowest BCUT2D eigenvalue weighted by Gasteiger charge is -2.29. The van der Waals surface area contributed by atoms with Crippen LogP contribution in [-0.2, 0) is 33.5 Å². The Morgan fingerprint density at radius 2 is 1.56 bits per heavy atom. The van der Waals surface area contributed by atoms with Crippen LogP contribution in [0.2, 0.25) is 0 Å². The number of hydrogen-bond acceptors (Lipinski definition) is 4. The molecule has 0 spiro atoms. The molecule has 1 saturated heterocycles. The minimum Gasteiger partial charge on any atom is -0.484 e. The predicted octanol–water partition coefficient (Wildman–Crippen LogP) is 8.37. The molecule has 0 amide bonds. The van der Waals surface area contributed by atoms with Crippen LogP contribution in [0.25, 0.3) is 10.8 Å². The number of hydrogen-bond donors (Lipinski definition) is 0. The number of rotatable bonds is 15. The molecule has 4 rings (SSSR count). The van der Waals surface area contributed by atoms with Gasteiger partial charge in [0.1, 0.15) is 17.7 Å². The van der Waals surface area contributed by atoms with Gasteiger partial charge in [0, 0.05) is 18.4 Å². The maximum Gasteiger partial charge on any atom is 0.422 e. The fourth-order valence-corrected chi connectivity index (χ4v) is 4.96. The molecule has 3 aromatic carbocycles. The summed E-state index contributed by atoms with van der Waals surface area (Å²) in [7, 11) is 0. The van der Waals surface area contributed by atoms with Crippen LogP contribution in [0.1, 0.15) is 62.1 Å². The quantitative estimate of drug-likeness (QED) is 0.135. The number of aryl methyl sites for hydroxylation is 3. The second-order valence-corrected chi connectivity index (χ2v) is 10.7. The normalized spacial score (nSPS) is 17.7. The zero-order chi connectivity index (χ0) is 29.1. The monoisotopic (exact) mass is 576 g/mol. The van der Waals surface area contributed by atoms with E-state index in [0.29, 0.717) is 37.0 Å². The van der Waals surface area contributed by atoms with Crippen LogP contribution in [0.3, 0.4) is 0 Å². The zero-order valence-corrected chi connectivity index (χ0v) is 23.7. The topological polar surface area (TPSA) is 36.9 Å². The van der Waals surface area contributed by atoms with Crippen LogP contribution in [0.4, 0.5) is 17.6 Å². The van der Waals surface area contributed by atoms with Crippen molar-refractivity contribution in [2.75, 3.05) is 26.4 Å². The van der Waals surface area contributed by atoms with Gasteiger partial charge in [0.15, 0.2) is 12.9 Å². The molecule has 0 unspecified atom stereocenters. The Balaban J connectivity index is 1.21. The highest BCUT2D eigenvalue weighted by molar-refractivity contribution is 5.84. The van der Waals surface area contributed by atoms with Gasteiger partial charge in [-0.25, -0.2) is 4.39 Å². The van der Waals surface area contributed by atoms with Crippen molar-refractivity contribution in [1.29, 1.82) is 0 Å². The van der Waals surface area contributed by atoms with E-state index in [1.165, 1.54) is 37.8 Å². The Kier molecular flexibility index (Phi) is 11.8. The van der Waals surface area contributed by atoms with Gasteiger partial charge >= 0.3 is 6.18 Å². The Morgan fingerprint density at radius 3 is 2.29 bits per heavy atom. The fraction of sp³-hybridized carbons (Fsp3) is 0.515. The summed E-state index contributed by atoms with van der Waals surface area (Å²) in [4.78, 5) is 0. The van der Waals surface area contributed by atoms with E-state index in [-0.39, 0.29) is 24.0 Å². The first-order valence-corrected chi connectivity index (χ1v) is 14.6. The molecule has 4 nitrogen and oxygen atoms in total. The van der Waals surface area contributed by atoms with Gasteiger partial charge in [-0.1, -0.05) is 75.1 Å². The number of halogens is 4. The molecule has 224 valence electrons. The summed E-state index contributed by atoms with van der Waals surface area (Å²) < 4.78 is 74.6. The van der Waals surface area contributed by atoms with Crippen molar-refractivity contribution in [2.24, 2.45) is 0 Å². The molecule has 1 aliphatic heterocycles. The van der Waals surface area contributed by atoms with Crippen molar-refractivity contribution >= 4 is 10.8 Å². The molecule has 1 aliphatic rings. The Labute approximate surface area is 239 Å². The largest absolute Gasteiger partial charge is 0.484 e. The molecule has 41 heavy (non-hydrogen) atoms. The van der Waals surface area contributed by atoms with Gasteiger partial charge in [0.25, 0.3) is 0 Å². The predicted molar refractivity (Wildman–Crippen MR) is 152 cm³/mol. The summed E-state index contributed by atoms with van der Waals surface area (Å²) in [6.07, 6.45) is 3.92. The van der Waals surface area contributed by atoms with E-state index in [1.807, 2.05) is 24.3 Å². The van der Waals surface area contributed by atoms with E-state index in [0.717, 1.165) is 42.4 Å². The van der Waals surface area contributed by atoms with E-state index < -0.39 is 12.8 Å². The summed E-state index contributed by atoms with van der Waals surface area (Å²) in [6.45, 7) is 2.72. The van der Waals surface area contributed by atoms with Gasteiger partial charge < -0.3 is 18.9 Å². The summed E-state index contributed by atoms with van der Waals surface area (Å²) >= 11 is 0. The van der Waals surface area contributed by atoms with Crippen molar-refractivity contribution < 1.29 is 36.5 Å². The van der Waals surface area contributed by atoms with Gasteiger partial charge in [-0.3, -0.25) is 0 Å². The highest BCUT2D eigenvalue weighted by Crippen LogP contribution is 2.26. The molecule has 0 N–H and O–H groups in total. The van der Waals surface area contributed by atoms with Crippen LogP contribution >= 0.6 is 0 Å². The molecule has 1 fully saturated rings. The molecule has 0 bridgehead atoms. The molecular weight excluding hydrogens is 536 g/mol. The van der Waals surface area contributed by atoms with Gasteiger partial charge in [0.05, 0.1) is 13.2 Å². The molecule has 0 aliphatic carbocycles. The molecule has 0 radical (unpaired) electrons. The molecule has 0 aromatic heterocycles. The third-order valence-electron chi connectivity index (χ3n) is 7.31. The summed E-state index contributed by atoms with van der Waals surface area (Å²) in [5.74, 6) is -0.0865. The molecule has 1 heterocycles. The van der Waals surface area contributed by atoms with Crippen molar-refractivity contribution in [1.82, 2.24) is 0 Å². The smallest absolute Gasteiger partial charge is 0.422 e. The van der Waals surface area contributed by atoms with Crippen LogP contribution in [0.15, 0.2) is 54.6 Å². The number of unbranched alkanes of at least 4 members (excludes halogenated alkanes) is 4. The Morgan fingerprint density at radius 1 is 0.829 bits per heavy atom. The average molecular weight is 577 g/mol. The highest BCUT2D eigenvalue weighted by Gasteiger charge is 2.28. The van der Waals surface area contributed by atoms with Gasteiger partial charge in [-0.2, -0.15) is 13.2 Å². The Bertz CT molecular complexity index is 1200. The van der Waals surface area contributed by atoms with E-state index in [2.05, 4.69) is 6.92 Å². The minimum absolute atomic E-state index is 0.00749. The maximum atomic E-state index is 15.3. The second kappa shape index (κ2) is 15.5. The standard InChI is InChI=1S/C33H40F4O4/c1-2-3-4-5-6-19-38-29-21-39-31(40-22-29)18-11-25-10-17-30-27(20-25)14-13-26(32(30)34)12-7-24-8-15-28(16-9-24)41-23-33(35,36)37/h8-10,13-17,20,29,31H,2-7,11-12,18-19,21-23H2,1H3. The van der Waals surface area contributed by atoms with Crippen molar-refractivity contribution in [3.05, 3.63) is 77.1 Å². The molecule has 0 atom stereocenters. The first kappa shape index (κ1) is 31.3. The minimum atomic E-state index is -4.38. The number of ether oxygens (including phenoxy) is 4. The third-order valence-corrected chi connectivity index (χ3v) is 7.31. The number of benzene rings is 3. The summed E-state index contributed by atoms with van der Waals surface area (Å²) in [5, 5.41) is 1.41. The van der Waals surface area contributed by atoms with Gasteiger partial charge in [0.2, 0.25) is 0 Å². The second-order valence-electron chi connectivity index (χ2n) is 10.7. The fourth-order valence-electron chi connectivity index (χ4n) is 4.96. The lowest BCUT2D eigenvalue weighted by Crippen LogP contribution is -2.37. The van der Waals surface area contributed by atoms with Gasteiger partial charge in [-0.15, -0.1) is 0 Å². The maximum absolute atomic E-state index is 15.3. The number of alkyl halides is 3. The SMILES string of the molecule is CCCCCCCOC1COC(CCc2ccc3c(F)c(CCc4ccc(OCC(F)(F)F)cc4)ccc3c2)OC1. The van der Waals surface area contributed by atoms with Gasteiger partial charge in [-0.05, 0) is 59.9 Å². The van der Waals surface area contributed by atoms with Crippen molar-refractivity contribution in [3.63, 3.8) is 0 Å². The summed E-state index contributed by atoms with van der Waals surface area (Å²) in [6, 6.07) is 15.9. The first-order valence-electron chi connectivity index (χ1n) is 14.6. The molecule has 3 aromatic rings. The van der Waals surface area contributed by atoms with Crippen LogP contribution in [-0.4, -0.2) is 45.0 Å². The summed E-state index contributed by atoms with van der Waals surface area (Å²) in [5.41, 5.74) is 2.59. The highest BCUT2D eigenvalue weighted by atomic mass is 19.4. The first-order chi connectivity index (χ1) is 19.8. The van der Waals surface area contributed by atoms with Crippen molar-refractivity contribution in [2.45, 2.75) is 83.3 Å². The van der Waals surface area contributed by atoms with Crippen LogP contribution < -0.4 is 4.74 Å². The van der Waals surface area contributed by atoms with E-state index in [1.54, 1.807) is 18.2 Å². The Hall–Kier alpha value is -2.68. The lowest BCUT2D eigenvalue weighted by atomic mass is 9.98. The molecular formula is C33H40F4O4. The third kappa shape index (κ3) is 10.3. The van der Waals surface area contributed by atoms with E-state index in [9.17, 15) is 13.2 Å². The van der Waals surface area contributed by atoms with Crippen LogP contribution in [0.5, 0.6) is 5.75 Å². The molecule has 8 heteroatoms. The molecule has 0 saturated carbocycles. The van der Waals surface area contributed by atoms with E-state index >= 15 is 4.39 Å². The lowest BCUT2D eigenvalue weighted by molar-refractivity contribution is -0.227. The van der Waals surface area contributed by atoms with E-state index in [4.69, 9.17) is 18.9 Å². The zero-order valence-electron chi connectivity index (χ0n) is 23.7. The van der Waals surface area contributed by atoms with Crippen molar-refractivity contribution in [3.8, 4) is 5.75 Å².